The Hall–Kier alpha value is -2.80. The highest BCUT2D eigenvalue weighted by molar-refractivity contribution is 5.66. The number of aryl methyl sites for hydroxylation is 1. The third-order valence-corrected chi connectivity index (χ3v) is 3.80. The molecule has 0 fully saturated rings. The molecular weight excluding hydrogens is 290 g/mol. The van der Waals surface area contributed by atoms with Gasteiger partial charge in [0.2, 0.25) is 0 Å². The third kappa shape index (κ3) is 5.44. The quantitative estimate of drug-likeness (QED) is 0.516. The number of allylic oxidation sites excluding steroid dienone is 7. The van der Waals surface area contributed by atoms with E-state index in [1.54, 1.807) is 0 Å². The largest absolute Gasteiger partial charge is 0.399 e. The molecule has 0 bridgehead atoms. The summed E-state index contributed by atoms with van der Waals surface area (Å²) in [5, 5.41) is 0. The van der Waals surface area contributed by atoms with E-state index < -0.39 is 0 Å². The Morgan fingerprint density at radius 1 is 0.875 bits per heavy atom. The van der Waals surface area contributed by atoms with Gasteiger partial charge in [-0.25, -0.2) is 0 Å². The summed E-state index contributed by atoms with van der Waals surface area (Å²) < 4.78 is 0. The number of rotatable bonds is 5. The molecule has 0 saturated carbocycles. The van der Waals surface area contributed by atoms with Gasteiger partial charge < -0.3 is 5.73 Å². The molecule has 2 aromatic rings. The Labute approximate surface area is 145 Å². The normalized spacial score (nSPS) is 13.1. The molecule has 1 heteroatoms. The Bertz CT molecular complexity index is 770. The van der Waals surface area contributed by atoms with Crippen LogP contribution in [0.3, 0.4) is 0 Å². The molecule has 2 aromatic carbocycles. The van der Waals surface area contributed by atoms with Crippen LogP contribution in [0, 0.1) is 6.92 Å². The molecule has 0 spiro atoms. The molecule has 2 rings (SSSR count). The first kappa shape index (κ1) is 17.6. The second-order valence-electron chi connectivity index (χ2n) is 5.88. The maximum Gasteiger partial charge on any atom is 0.0314 e. The van der Waals surface area contributed by atoms with Gasteiger partial charge in [0, 0.05) is 5.69 Å². The first-order chi connectivity index (χ1) is 11.6. The first-order valence-electron chi connectivity index (χ1n) is 8.20. The highest BCUT2D eigenvalue weighted by atomic mass is 14.5. The summed E-state index contributed by atoms with van der Waals surface area (Å²) in [6, 6.07) is 16.5. The number of hydrogen-bond acceptors (Lipinski definition) is 1. The van der Waals surface area contributed by atoms with Crippen molar-refractivity contribution in [2.45, 2.75) is 20.8 Å². The predicted octanol–water partition coefficient (Wildman–Crippen LogP) is 6.20. The van der Waals surface area contributed by atoms with Crippen LogP contribution in [-0.4, -0.2) is 0 Å². The number of nitrogen functional groups attached to an aromatic ring is 1. The zero-order valence-electron chi connectivity index (χ0n) is 14.7. The van der Waals surface area contributed by atoms with Gasteiger partial charge in [-0.05, 0) is 55.2 Å². The molecule has 24 heavy (non-hydrogen) atoms. The van der Waals surface area contributed by atoms with E-state index in [4.69, 9.17) is 5.73 Å². The summed E-state index contributed by atoms with van der Waals surface area (Å²) in [5.74, 6) is 0. The molecule has 0 amide bonds. The number of hydrogen-bond donors (Lipinski definition) is 1. The molecule has 1 nitrogen and oxygen atoms in total. The second kappa shape index (κ2) is 8.73. The smallest absolute Gasteiger partial charge is 0.0314 e. The minimum Gasteiger partial charge on any atom is -0.399 e. The lowest BCUT2D eigenvalue weighted by Gasteiger charge is -2.01. The van der Waals surface area contributed by atoms with Gasteiger partial charge in [0.1, 0.15) is 0 Å². The van der Waals surface area contributed by atoms with Crippen LogP contribution in [0.4, 0.5) is 5.69 Å². The lowest BCUT2D eigenvalue weighted by Crippen LogP contribution is -1.82. The molecule has 0 aliphatic carbocycles. The van der Waals surface area contributed by atoms with Crippen molar-refractivity contribution in [1.82, 2.24) is 0 Å². The molecule has 0 heterocycles. The van der Waals surface area contributed by atoms with Gasteiger partial charge in [-0.2, -0.15) is 0 Å². The van der Waals surface area contributed by atoms with Crippen LogP contribution in [0.2, 0.25) is 0 Å². The van der Waals surface area contributed by atoms with Crippen molar-refractivity contribution in [3.05, 3.63) is 101 Å². The Kier molecular flexibility index (Phi) is 6.39. The summed E-state index contributed by atoms with van der Waals surface area (Å²) in [6.07, 6.45) is 12.7. The molecule has 0 saturated heterocycles. The average molecular weight is 315 g/mol. The highest BCUT2D eigenvalue weighted by Crippen LogP contribution is 2.16. The molecule has 0 aliphatic heterocycles. The van der Waals surface area contributed by atoms with E-state index in [0.717, 1.165) is 16.8 Å². The van der Waals surface area contributed by atoms with Crippen LogP contribution >= 0.6 is 0 Å². The molecule has 0 atom stereocenters. The van der Waals surface area contributed by atoms with Crippen LogP contribution in [-0.2, 0) is 0 Å². The highest BCUT2D eigenvalue weighted by Gasteiger charge is 1.94. The molecule has 0 radical (unpaired) electrons. The van der Waals surface area contributed by atoms with Crippen molar-refractivity contribution >= 4 is 17.3 Å². The van der Waals surface area contributed by atoms with E-state index in [9.17, 15) is 0 Å². The number of benzene rings is 2. The van der Waals surface area contributed by atoms with Crippen molar-refractivity contribution in [3.8, 4) is 0 Å². The maximum absolute atomic E-state index is 5.72. The summed E-state index contributed by atoms with van der Waals surface area (Å²) in [7, 11) is 0. The topological polar surface area (TPSA) is 26.0 Å². The van der Waals surface area contributed by atoms with Crippen molar-refractivity contribution < 1.29 is 0 Å². The van der Waals surface area contributed by atoms with Crippen LogP contribution in [0.15, 0.2) is 84.5 Å². The lowest BCUT2D eigenvalue weighted by atomic mass is 10.0. The minimum absolute atomic E-state index is 0.785. The maximum atomic E-state index is 5.72. The Morgan fingerprint density at radius 2 is 1.54 bits per heavy atom. The van der Waals surface area contributed by atoms with Gasteiger partial charge in [-0.15, -0.1) is 0 Å². The van der Waals surface area contributed by atoms with E-state index in [0.29, 0.717) is 0 Å². The van der Waals surface area contributed by atoms with E-state index in [2.05, 4.69) is 68.5 Å². The van der Waals surface area contributed by atoms with Crippen LogP contribution < -0.4 is 5.73 Å². The van der Waals surface area contributed by atoms with Crippen molar-refractivity contribution in [2.75, 3.05) is 5.73 Å². The Morgan fingerprint density at radius 3 is 2.17 bits per heavy atom. The van der Waals surface area contributed by atoms with Gasteiger partial charge in [0.15, 0.2) is 0 Å². The standard InChI is InChI=1S/C23H25N/c1-4-5-20(10-11-21-12-16-23(24)17-13-21)9-8-19(3)22-14-6-18(2)7-15-22/h4-17H,24H2,1-3H3/b5-4-,11-10+,19-8+,20-9+. The zero-order chi connectivity index (χ0) is 17.4. The van der Waals surface area contributed by atoms with Crippen LogP contribution in [0.1, 0.15) is 30.5 Å². The van der Waals surface area contributed by atoms with Crippen molar-refractivity contribution in [1.29, 1.82) is 0 Å². The summed E-state index contributed by atoms with van der Waals surface area (Å²) in [4.78, 5) is 0. The first-order valence-corrected chi connectivity index (χ1v) is 8.20. The fraction of sp³-hybridized carbons (Fsp3) is 0.130. The van der Waals surface area contributed by atoms with E-state index in [1.807, 2.05) is 37.3 Å². The average Bonchev–Trinajstić information content (AvgIpc) is 2.59. The SMILES string of the molecule is C\C=C/C(/C=C/c1ccc(N)cc1)=C\C=C(/C)c1ccc(C)cc1. The van der Waals surface area contributed by atoms with Gasteiger partial charge >= 0.3 is 0 Å². The van der Waals surface area contributed by atoms with E-state index >= 15 is 0 Å². The van der Waals surface area contributed by atoms with Crippen molar-refractivity contribution in [2.24, 2.45) is 0 Å². The second-order valence-corrected chi connectivity index (χ2v) is 5.88. The number of anilines is 1. The predicted molar refractivity (Wildman–Crippen MR) is 108 cm³/mol. The van der Waals surface area contributed by atoms with Gasteiger partial charge in [-0.1, -0.05) is 78.4 Å². The van der Waals surface area contributed by atoms with E-state index in [1.165, 1.54) is 16.7 Å². The molecule has 0 aliphatic rings. The van der Waals surface area contributed by atoms with Crippen molar-refractivity contribution in [3.63, 3.8) is 0 Å². The summed E-state index contributed by atoms with van der Waals surface area (Å²) >= 11 is 0. The van der Waals surface area contributed by atoms with Gasteiger partial charge in [0.05, 0.1) is 0 Å². The summed E-state index contributed by atoms with van der Waals surface area (Å²) in [5.41, 5.74) is 12.6. The monoisotopic (exact) mass is 315 g/mol. The fourth-order valence-electron chi connectivity index (χ4n) is 2.29. The zero-order valence-corrected chi connectivity index (χ0v) is 14.7. The fourth-order valence-corrected chi connectivity index (χ4v) is 2.29. The third-order valence-electron chi connectivity index (χ3n) is 3.80. The summed E-state index contributed by atoms with van der Waals surface area (Å²) in [6.45, 7) is 6.27. The Balaban J connectivity index is 2.19. The van der Waals surface area contributed by atoms with Gasteiger partial charge in [-0.3, -0.25) is 0 Å². The van der Waals surface area contributed by atoms with Gasteiger partial charge in [0.25, 0.3) is 0 Å². The molecule has 0 aromatic heterocycles. The number of nitrogens with two attached hydrogens (primary N) is 1. The molecular formula is C23H25N. The van der Waals surface area contributed by atoms with E-state index in [-0.39, 0.29) is 0 Å². The van der Waals surface area contributed by atoms with Crippen LogP contribution in [0.5, 0.6) is 0 Å². The molecule has 2 N–H and O–H groups in total. The molecule has 122 valence electrons. The molecule has 0 unspecified atom stereocenters. The minimum atomic E-state index is 0.785. The van der Waals surface area contributed by atoms with Crippen LogP contribution in [0.25, 0.3) is 11.6 Å². The lowest BCUT2D eigenvalue weighted by molar-refractivity contribution is 1.44.